The molecule has 0 bridgehead atoms. The molecule has 0 unspecified atom stereocenters. The lowest BCUT2D eigenvalue weighted by molar-refractivity contribution is -0.114. The van der Waals surface area contributed by atoms with Crippen molar-refractivity contribution in [3.05, 3.63) is 77.3 Å². The SMILES string of the molecule is COc1ccc(N(CC(=O)Nc2ccc(N3CCCC3)cc2)S(=O)(=O)c2ccc(C)cc2)cc1Cl. The zero-order valence-electron chi connectivity index (χ0n) is 19.7. The van der Waals surface area contributed by atoms with E-state index < -0.39 is 22.5 Å². The number of nitrogens with zero attached hydrogens (tertiary/aromatic N) is 2. The molecule has 1 heterocycles. The summed E-state index contributed by atoms with van der Waals surface area (Å²) in [6.07, 6.45) is 2.36. The number of nitrogens with one attached hydrogen (secondary N) is 1. The van der Waals surface area contributed by atoms with Crippen LogP contribution in [0.2, 0.25) is 5.02 Å². The molecule has 1 saturated heterocycles. The second-order valence-corrected chi connectivity index (χ2v) is 10.7. The standard InChI is InChI=1S/C26H28ClN3O4S/c1-19-5-12-23(13-6-19)35(32,33)30(22-11-14-25(34-2)24(27)17-22)18-26(31)28-20-7-9-21(10-8-20)29-15-3-4-16-29/h5-14,17H,3-4,15-16,18H2,1-2H3,(H,28,31). The summed E-state index contributed by atoms with van der Waals surface area (Å²) in [5.74, 6) is -0.0628. The van der Waals surface area contributed by atoms with E-state index in [9.17, 15) is 13.2 Å². The topological polar surface area (TPSA) is 79.0 Å². The summed E-state index contributed by atoms with van der Waals surface area (Å²) in [6.45, 7) is 3.51. The summed E-state index contributed by atoms with van der Waals surface area (Å²) < 4.78 is 33.4. The maximum Gasteiger partial charge on any atom is 0.264 e. The Kier molecular flexibility index (Phi) is 7.52. The number of rotatable bonds is 8. The lowest BCUT2D eigenvalue weighted by Crippen LogP contribution is -2.38. The Balaban J connectivity index is 1.59. The lowest BCUT2D eigenvalue weighted by atomic mass is 10.2. The van der Waals surface area contributed by atoms with E-state index in [2.05, 4.69) is 10.2 Å². The quantitative estimate of drug-likeness (QED) is 0.454. The van der Waals surface area contributed by atoms with Gasteiger partial charge in [0.25, 0.3) is 10.0 Å². The third kappa shape index (κ3) is 5.71. The maximum absolute atomic E-state index is 13.6. The number of carbonyl (C=O) groups is 1. The molecule has 35 heavy (non-hydrogen) atoms. The van der Waals surface area contributed by atoms with E-state index in [1.807, 2.05) is 31.2 Å². The second kappa shape index (κ2) is 10.6. The molecule has 1 amide bonds. The van der Waals surface area contributed by atoms with E-state index in [0.717, 1.165) is 28.6 Å². The number of hydrogen-bond acceptors (Lipinski definition) is 5. The van der Waals surface area contributed by atoms with Gasteiger partial charge in [-0.3, -0.25) is 9.10 Å². The van der Waals surface area contributed by atoms with Crippen LogP contribution in [0.15, 0.2) is 71.6 Å². The van der Waals surface area contributed by atoms with Crippen molar-refractivity contribution in [1.82, 2.24) is 0 Å². The second-order valence-electron chi connectivity index (χ2n) is 8.43. The van der Waals surface area contributed by atoms with E-state index in [1.54, 1.807) is 24.3 Å². The molecule has 1 aliphatic rings. The van der Waals surface area contributed by atoms with Gasteiger partial charge >= 0.3 is 0 Å². The molecule has 3 aromatic rings. The van der Waals surface area contributed by atoms with Crippen LogP contribution in [0.1, 0.15) is 18.4 Å². The highest BCUT2D eigenvalue weighted by atomic mass is 35.5. The number of benzene rings is 3. The highest BCUT2D eigenvalue weighted by Crippen LogP contribution is 2.32. The van der Waals surface area contributed by atoms with Gasteiger partial charge in [0.05, 0.1) is 22.7 Å². The average Bonchev–Trinajstić information content (AvgIpc) is 3.38. The Morgan fingerprint density at radius 3 is 2.29 bits per heavy atom. The monoisotopic (exact) mass is 513 g/mol. The first-order valence-electron chi connectivity index (χ1n) is 11.4. The molecule has 0 saturated carbocycles. The van der Waals surface area contributed by atoms with Crippen molar-refractivity contribution >= 4 is 44.6 Å². The van der Waals surface area contributed by atoms with Crippen LogP contribution in [0.25, 0.3) is 0 Å². The first-order valence-corrected chi connectivity index (χ1v) is 13.2. The molecular formula is C26H28ClN3O4S. The van der Waals surface area contributed by atoms with Gasteiger partial charge in [0.1, 0.15) is 12.3 Å². The number of ether oxygens (including phenoxy) is 1. The summed E-state index contributed by atoms with van der Waals surface area (Å²) >= 11 is 6.27. The Hall–Kier alpha value is -3.23. The first-order chi connectivity index (χ1) is 16.8. The minimum Gasteiger partial charge on any atom is -0.495 e. The first kappa shape index (κ1) is 24.9. The zero-order chi connectivity index (χ0) is 25.0. The molecule has 0 spiro atoms. The Morgan fingerprint density at radius 2 is 1.69 bits per heavy atom. The van der Waals surface area contributed by atoms with Crippen LogP contribution in [0, 0.1) is 6.92 Å². The van der Waals surface area contributed by atoms with Gasteiger partial charge in [-0.2, -0.15) is 0 Å². The van der Waals surface area contributed by atoms with Gasteiger partial charge in [-0.05, 0) is 74.4 Å². The molecule has 184 valence electrons. The summed E-state index contributed by atoms with van der Waals surface area (Å²) in [4.78, 5) is 15.4. The van der Waals surface area contributed by atoms with Crippen molar-refractivity contribution in [2.24, 2.45) is 0 Å². The van der Waals surface area contributed by atoms with Crippen LogP contribution in [0.3, 0.4) is 0 Å². The van der Waals surface area contributed by atoms with Crippen molar-refractivity contribution in [2.75, 3.05) is 41.3 Å². The number of methoxy groups -OCH3 is 1. The van der Waals surface area contributed by atoms with Gasteiger partial charge in [-0.15, -0.1) is 0 Å². The molecule has 0 aromatic heterocycles. The number of halogens is 1. The van der Waals surface area contributed by atoms with Crippen LogP contribution in [0.5, 0.6) is 5.75 Å². The molecule has 9 heteroatoms. The molecule has 0 aliphatic carbocycles. The highest BCUT2D eigenvalue weighted by molar-refractivity contribution is 7.92. The van der Waals surface area contributed by atoms with E-state index in [4.69, 9.17) is 16.3 Å². The van der Waals surface area contributed by atoms with Crippen LogP contribution in [-0.4, -0.2) is 41.1 Å². The third-order valence-corrected chi connectivity index (χ3v) is 8.03. The predicted octanol–water partition coefficient (Wildman–Crippen LogP) is 5.09. The third-order valence-electron chi connectivity index (χ3n) is 5.94. The molecule has 1 aliphatic heterocycles. The zero-order valence-corrected chi connectivity index (χ0v) is 21.3. The number of aryl methyl sites for hydroxylation is 1. The lowest BCUT2D eigenvalue weighted by Gasteiger charge is -2.25. The van der Waals surface area contributed by atoms with Gasteiger partial charge in [-0.1, -0.05) is 29.3 Å². The largest absolute Gasteiger partial charge is 0.495 e. The van der Waals surface area contributed by atoms with Crippen molar-refractivity contribution in [1.29, 1.82) is 0 Å². The van der Waals surface area contributed by atoms with E-state index in [0.29, 0.717) is 11.4 Å². The van der Waals surface area contributed by atoms with Gasteiger partial charge in [0.2, 0.25) is 5.91 Å². The number of hydrogen-bond donors (Lipinski definition) is 1. The minimum absolute atomic E-state index is 0.0813. The minimum atomic E-state index is -4.05. The average molecular weight is 514 g/mol. The van der Waals surface area contributed by atoms with Crippen LogP contribution < -0.4 is 19.3 Å². The normalized spacial score (nSPS) is 13.5. The van der Waals surface area contributed by atoms with Gasteiger partial charge in [-0.25, -0.2) is 8.42 Å². The fraction of sp³-hybridized carbons (Fsp3) is 0.269. The summed E-state index contributed by atoms with van der Waals surface area (Å²) in [6, 6.07) is 18.7. The van der Waals surface area contributed by atoms with Gasteiger partial charge in [0, 0.05) is 24.5 Å². The van der Waals surface area contributed by atoms with Crippen molar-refractivity contribution in [2.45, 2.75) is 24.7 Å². The number of sulfonamides is 1. The molecule has 1 N–H and O–H groups in total. The van der Waals surface area contributed by atoms with Gasteiger partial charge in [0.15, 0.2) is 0 Å². The molecule has 4 rings (SSSR count). The van der Waals surface area contributed by atoms with Crippen LogP contribution in [0.4, 0.5) is 17.1 Å². The van der Waals surface area contributed by atoms with E-state index >= 15 is 0 Å². The molecular weight excluding hydrogens is 486 g/mol. The Labute approximate surface area is 211 Å². The highest BCUT2D eigenvalue weighted by Gasteiger charge is 2.28. The number of amides is 1. The van der Waals surface area contributed by atoms with Crippen molar-refractivity contribution in [3.63, 3.8) is 0 Å². The van der Waals surface area contributed by atoms with Gasteiger partial charge < -0.3 is 15.0 Å². The molecule has 1 fully saturated rings. The van der Waals surface area contributed by atoms with Crippen LogP contribution >= 0.6 is 11.6 Å². The Morgan fingerprint density at radius 1 is 1.03 bits per heavy atom. The van der Waals surface area contributed by atoms with E-state index in [-0.39, 0.29) is 15.6 Å². The summed E-state index contributed by atoms with van der Waals surface area (Å²) in [5, 5.41) is 3.05. The predicted molar refractivity (Wildman–Crippen MR) is 140 cm³/mol. The number of carbonyl (C=O) groups excluding carboxylic acids is 1. The molecule has 0 atom stereocenters. The van der Waals surface area contributed by atoms with Crippen molar-refractivity contribution in [3.8, 4) is 5.75 Å². The number of anilines is 3. The molecule has 3 aromatic carbocycles. The van der Waals surface area contributed by atoms with E-state index in [1.165, 1.54) is 38.2 Å². The van der Waals surface area contributed by atoms with Crippen molar-refractivity contribution < 1.29 is 17.9 Å². The fourth-order valence-electron chi connectivity index (χ4n) is 4.02. The fourth-order valence-corrected chi connectivity index (χ4v) is 5.69. The molecule has 7 nitrogen and oxygen atoms in total. The molecule has 0 radical (unpaired) electrons. The smallest absolute Gasteiger partial charge is 0.264 e. The van der Waals surface area contributed by atoms with Crippen LogP contribution in [-0.2, 0) is 14.8 Å². The summed E-state index contributed by atoms with van der Waals surface area (Å²) in [5.41, 5.74) is 2.89. The maximum atomic E-state index is 13.6. The Bertz CT molecular complexity index is 1290. The summed E-state index contributed by atoms with van der Waals surface area (Å²) in [7, 11) is -2.57.